The Bertz CT molecular complexity index is 1360. The van der Waals surface area contributed by atoms with Crippen LogP contribution in [0.1, 0.15) is 41.1 Å². The molecule has 5 rings (SSSR count). The van der Waals surface area contributed by atoms with Gasteiger partial charge >= 0.3 is 6.55 Å². The van der Waals surface area contributed by atoms with Crippen molar-refractivity contribution in [1.82, 2.24) is 19.7 Å². The highest BCUT2D eigenvalue weighted by molar-refractivity contribution is 5.98. The number of hydrogen-bond acceptors (Lipinski definition) is 3. The van der Waals surface area contributed by atoms with Gasteiger partial charge in [-0.25, -0.2) is 13.5 Å². The highest BCUT2D eigenvalue weighted by atomic mass is 19.3. The zero-order valence-electron chi connectivity index (χ0n) is 17.5. The Morgan fingerprint density at radius 2 is 1.85 bits per heavy atom. The Morgan fingerprint density at radius 3 is 2.58 bits per heavy atom. The van der Waals surface area contributed by atoms with Crippen LogP contribution in [0.3, 0.4) is 0 Å². The number of alkyl halides is 2. The Morgan fingerprint density at radius 1 is 1.09 bits per heavy atom. The van der Waals surface area contributed by atoms with Gasteiger partial charge in [-0.3, -0.25) is 9.78 Å². The van der Waals surface area contributed by atoms with Gasteiger partial charge in [0.25, 0.3) is 5.91 Å². The summed E-state index contributed by atoms with van der Waals surface area (Å²) >= 11 is 0. The summed E-state index contributed by atoms with van der Waals surface area (Å²) in [5, 5.41) is 4.87. The van der Waals surface area contributed by atoms with E-state index in [-0.39, 0.29) is 35.8 Å². The average molecular weight is 454 g/mol. The smallest absolute Gasteiger partial charge is 0.330 e. The topological polar surface area (TPSA) is 51.0 Å². The number of aromatic nitrogens is 3. The van der Waals surface area contributed by atoms with Gasteiger partial charge in [0.05, 0.1) is 22.9 Å². The molecule has 1 amide bonds. The Balaban J connectivity index is 1.54. The Labute approximate surface area is 186 Å². The van der Waals surface area contributed by atoms with Gasteiger partial charge in [-0.05, 0) is 49.7 Å². The maximum atomic E-state index is 13.8. The fraction of sp³-hybridized carbons (Fsp3) is 0.208. The average Bonchev–Trinajstić information content (AvgIpc) is 3.19. The van der Waals surface area contributed by atoms with Crippen LogP contribution < -0.4 is 0 Å². The molecule has 0 fully saturated rings. The quantitative estimate of drug-likeness (QED) is 0.383. The summed E-state index contributed by atoms with van der Waals surface area (Å²) in [4.78, 5) is 19.1. The monoisotopic (exact) mass is 454 g/mol. The first-order valence-corrected chi connectivity index (χ1v) is 10.3. The third-order valence-corrected chi connectivity index (χ3v) is 5.94. The number of rotatable bonds is 3. The number of pyridine rings is 1. The Kier molecular flexibility index (Phi) is 5.11. The fourth-order valence-corrected chi connectivity index (χ4v) is 4.43. The van der Waals surface area contributed by atoms with E-state index in [0.717, 1.165) is 23.0 Å². The van der Waals surface area contributed by atoms with Crippen molar-refractivity contribution < 1.29 is 22.4 Å². The second-order valence-electron chi connectivity index (χ2n) is 7.93. The molecule has 2 aromatic carbocycles. The van der Waals surface area contributed by atoms with Crippen LogP contribution in [-0.4, -0.2) is 32.1 Å². The molecule has 1 unspecified atom stereocenters. The number of carbonyl (C=O) groups is 1. The molecular formula is C24H18F4N4O. The van der Waals surface area contributed by atoms with Gasteiger partial charge in [0.15, 0.2) is 0 Å². The number of carbonyl (C=O) groups excluding carboxylic acids is 1. The van der Waals surface area contributed by atoms with E-state index in [0.29, 0.717) is 21.9 Å². The third kappa shape index (κ3) is 3.63. The van der Waals surface area contributed by atoms with Crippen LogP contribution in [0.15, 0.2) is 54.7 Å². The van der Waals surface area contributed by atoms with Crippen molar-refractivity contribution in [2.24, 2.45) is 0 Å². The van der Waals surface area contributed by atoms with Crippen LogP contribution in [0.25, 0.3) is 22.2 Å². The lowest BCUT2D eigenvalue weighted by Gasteiger charge is -2.33. The highest BCUT2D eigenvalue weighted by Crippen LogP contribution is 2.38. The molecule has 168 valence electrons. The summed E-state index contributed by atoms with van der Waals surface area (Å²) in [5.74, 6) is -2.00. The van der Waals surface area contributed by atoms with Gasteiger partial charge in [0.1, 0.15) is 11.6 Å². The SMILES string of the molecule is CC1c2nn(C(F)F)c(-c3cc(F)cc(F)c3)c2CCN1C(=O)c1ccc2ncccc2c1. The molecule has 0 saturated heterocycles. The van der Waals surface area contributed by atoms with Crippen molar-refractivity contribution in [3.8, 4) is 11.3 Å². The molecule has 0 radical (unpaired) electrons. The van der Waals surface area contributed by atoms with Crippen molar-refractivity contribution in [2.45, 2.75) is 25.9 Å². The largest absolute Gasteiger partial charge is 0.333 e. The van der Waals surface area contributed by atoms with Crippen LogP contribution in [-0.2, 0) is 6.42 Å². The normalized spacial score (nSPS) is 15.8. The van der Waals surface area contributed by atoms with Gasteiger partial charge < -0.3 is 4.90 Å². The lowest BCUT2D eigenvalue weighted by Crippen LogP contribution is -2.38. The molecule has 1 atom stereocenters. The predicted molar refractivity (Wildman–Crippen MR) is 114 cm³/mol. The lowest BCUT2D eigenvalue weighted by molar-refractivity contribution is 0.0567. The van der Waals surface area contributed by atoms with Crippen LogP contribution in [0.5, 0.6) is 0 Å². The molecule has 33 heavy (non-hydrogen) atoms. The predicted octanol–water partition coefficient (Wildman–Crippen LogP) is 5.53. The number of nitrogens with zero attached hydrogens (tertiary/aromatic N) is 4. The molecule has 1 aliphatic rings. The van der Waals surface area contributed by atoms with Gasteiger partial charge in [-0.2, -0.15) is 13.9 Å². The zero-order valence-corrected chi connectivity index (χ0v) is 17.5. The van der Waals surface area contributed by atoms with Gasteiger partial charge in [0.2, 0.25) is 0 Å². The summed E-state index contributed by atoms with van der Waals surface area (Å²) in [6, 6.07) is 10.9. The number of amides is 1. The van der Waals surface area contributed by atoms with E-state index < -0.39 is 24.2 Å². The van der Waals surface area contributed by atoms with Gasteiger partial charge in [-0.15, -0.1) is 0 Å². The number of fused-ring (bicyclic) bond motifs is 2. The highest BCUT2D eigenvalue weighted by Gasteiger charge is 2.35. The fourth-order valence-electron chi connectivity index (χ4n) is 4.43. The zero-order chi connectivity index (χ0) is 23.3. The molecule has 3 heterocycles. The first-order valence-electron chi connectivity index (χ1n) is 10.3. The molecule has 1 aliphatic heterocycles. The Hall–Kier alpha value is -3.75. The number of halogens is 4. The van der Waals surface area contributed by atoms with Crippen molar-refractivity contribution >= 4 is 16.8 Å². The van der Waals surface area contributed by atoms with Crippen molar-refractivity contribution in [1.29, 1.82) is 0 Å². The molecule has 4 aromatic rings. The minimum Gasteiger partial charge on any atom is -0.330 e. The van der Waals surface area contributed by atoms with Crippen LogP contribution >= 0.6 is 0 Å². The maximum absolute atomic E-state index is 13.8. The summed E-state index contributed by atoms with van der Waals surface area (Å²) in [7, 11) is 0. The minimum atomic E-state index is -3.01. The van der Waals surface area contributed by atoms with E-state index in [4.69, 9.17) is 0 Å². The molecular weight excluding hydrogens is 436 g/mol. The van der Waals surface area contributed by atoms with Crippen LogP contribution in [0.2, 0.25) is 0 Å². The second-order valence-corrected chi connectivity index (χ2v) is 7.93. The molecule has 9 heteroatoms. The van der Waals surface area contributed by atoms with Crippen molar-refractivity contribution in [3.63, 3.8) is 0 Å². The van der Waals surface area contributed by atoms with Crippen molar-refractivity contribution in [2.75, 3.05) is 6.54 Å². The third-order valence-electron chi connectivity index (χ3n) is 5.94. The molecule has 0 N–H and O–H groups in total. The molecule has 0 spiro atoms. The summed E-state index contributed by atoms with van der Waals surface area (Å²) < 4.78 is 55.8. The number of hydrogen-bond donors (Lipinski definition) is 0. The van der Waals surface area contributed by atoms with E-state index in [9.17, 15) is 22.4 Å². The summed E-state index contributed by atoms with van der Waals surface area (Å²) in [6.45, 7) is -1.06. The van der Waals surface area contributed by atoms with Gasteiger partial charge in [0, 0.05) is 40.9 Å². The lowest BCUT2D eigenvalue weighted by atomic mass is 9.95. The van der Waals surface area contributed by atoms with E-state index >= 15 is 0 Å². The number of benzene rings is 2. The minimum absolute atomic E-state index is 0.0180. The molecule has 0 saturated carbocycles. The first-order chi connectivity index (χ1) is 15.8. The molecule has 0 bridgehead atoms. The maximum Gasteiger partial charge on any atom is 0.333 e. The molecule has 5 nitrogen and oxygen atoms in total. The van der Waals surface area contributed by atoms with Gasteiger partial charge in [-0.1, -0.05) is 6.07 Å². The standard InChI is InChI=1S/C24H18F4N4O/c1-13-21-19(22(32(30-21)24(27)28)16-10-17(25)12-18(26)11-16)6-8-31(13)23(33)15-4-5-20-14(9-15)3-2-7-29-20/h2-5,7,9-13,24H,6,8H2,1H3. The van der Waals surface area contributed by atoms with E-state index in [1.54, 1.807) is 42.3 Å². The van der Waals surface area contributed by atoms with Crippen LogP contribution in [0, 0.1) is 11.6 Å². The summed E-state index contributed by atoms with van der Waals surface area (Å²) in [5.41, 5.74) is 1.90. The summed E-state index contributed by atoms with van der Waals surface area (Å²) in [6.07, 6.45) is 1.89. The van der Waals surface area contributed by atoms with E-state index in [1.807, 2.05) is 6.07 Å². The second kappa shape index (κ2) is 7.99. The van der Waals surface area contributed by atoms with E-state index in [1.165, 1.54) is 0 Å². The molecule has 0 aliphatic carbocycles. The van der Waals surface area contributed by atoms with E-state index in [2.05, 4.69) is 10.1 Å². The first kappa shape index (κ1) is 21.1. The van der Waals surface area contributed by atoms with Crippen LogP contribution in [0.4, 0.5) is 17.6 Å². The molecule has 2 aromatic heterocycles. The van der Waals surface area contributed by atoms with Crippen molar-refractivity contribution in [3.05, 3.63) is 83.2 Å².